The molecule has 22 heavy (non-hydrogen) atoms. The minimum absolute atomic E-state index is 0.423. The van der Waals surface area contributed by atoms with Gasteiger partial charge in [-0.05, 0) is 18.6 Å². The number of hydrogen-bond donors (Lipinski definition) is 1. The Labute approximate surface area is 132 Å². The molecule has 0 fully saturated rings. The zero-order chi connectivity index (χ0) is 15.4. The third-order valence-corrected chi connectivity index (χ3v) is 3.44. The summed E-state index contributed by atoms with van der Waals surface area (Å²) in [7, 11) is 0. The number of aromatic nitrogens is 6. The lowest BCUT2D eigenvalue weighted by molar-refractivity contribution is 0.133. The zero-order valence-corrected chi connectivity index (χ0v) is 12.5. The molecule has 3 aromatic heterocycles. The number of halogens is 1. The van der Waals surface area contributed by atoms with Crippen LogP contribution in [0.4, 0.5) is 0 Å². The molecule has 0 aliphatic carbocycles. The maximum absolute atomic E-state index is 9.98. The predicted molar refractivity (Wildman–Crippen MR) is 81.1 cm³/mol. The van der Waals surface area contributed by atoms with E-state index in [1.807, 2.05) is 12.3 Å². The molecule has 7 nitrogen and oxygen atoms in total. The number of rotatable bonds is 6. The number of pyridine rings is 1. The first-order chi connectivity index (χ1) is 10.7. The van der Waals surface area contributed by atoms with E-state index >= 15 is 0 Å². The number of nitrogens with zero attached hydrogens (tertiary/aromatic N) is 6. The lowest BCUT2D eigenvalue weighted by Crippen LogP contribution is -2.18. The van der Waals surface area contributed by atoms with Gasteiger partial charge in [0.15, 0.2) is 0 Å². The second-order valence-corrected chi connectivity index (χ2v) is 5.35. The Morgan fingerprint density at radius 3 is 2.82 bits per heavy atom. The van der Waals surface area contributed by atoms with Crippen LogP contribution in [-0.2, 0) is 13.1 Å². The molecule has 1 atom stereocenters. The van der Waals surface area contributed by atoms with Gasteiger partial charge in [-0.25, -0.2) is 4.98 Å². The van der Waals surface area contributed by atoms with Crippen molar-refractivity contribution in [2.45, 2.75) is 25.6 Å². The van der Waals surface area contributed by atoms with Crippen LogP contribution in [-0.4, -0.2) is 40.7 Å². The molecule has 3 heterocycles. The molecule has 1 unspecified atom stereocenters. The molecule has 0 spiro atoms. The molecule has 0 bridgehead atoms. The number of hydrogen-bond acceptors (Lipinski definition) is 5. The highest BCUT2D eigenvalue weighted by Crippen LogP contribution is 2.17. The summed E-state index contributed by atoms with van der Waals surface area (Å²) >= 11 is 5.82. The standard InChI is InChI=1S/C14H15ClN6O/c15-12-1-2-14(17-6-12)11-5-18-20(7-11)4-3-13(22)8-21-10-16-9-19-21/h1-2,5-7,9-10,13,22H,3-4,8H2. The second kappa shape index (κ2) is 6.67. The van der Waals surface area contributed by atoms with Gasteiger partial charge in [-0.2, -0.15) is 10.2 Å². The summed E-state index contributed by atoms with van der Waals surface area (Å²) in [6.45, 7) is 1.04. The topological polar surface area (TPSA) is 81.6 Å². The van der Waals surface area contributed by atoms with Crippen molar-refractivity contribution in [1.29, 1.82) is 0 Å². The fourth-order valence-electron chi connectivity index (χ4n) is 2.08. The van der Waals surface area contributed by atoms with Crippen molar-refractivity contribution in [1.82, 2.24) is 29.5 Å². The van der Waals surface area contributed by atoms with Crippen molar-refractivity contribution in [3.8, 4) is 11.3 Å². The highest BCUT2D eigenvalue weighted by Gasteiger charge is 2.08. The highest BCUT2D eigenvalue weighted by atomic mass is 35.5. The second-order valence-electron chi connectivity index (χ2n) is 4.91. The average Bonchev–Trinajstić information content (AvgIpc) is 3.17. The van der Waals surface area contributed by atoms with Gasteiger partial charge >= 0.3 is 0 Å². The Morgan fingerprint density at radius 1 is 1.18 bits per heavy atom. The molecule has 0 amide bonds. The highest BCUT2D eigenvalue weighted by molar-refractivity contribution is 6.30. The van der Waals surface area contributed by atoms with E-state index in [1.54, 1.807) is 34.2 Å². The fourth-order valence-corrected chi connectivity index (χ4v) is 2.19. The van der Waals surface area contributed by atoms with E-state index in [4.69, 9.17) is 11.6 Å². The number of aliphatic hydroxyl groups excluding tert-OH is 1. The Morgan fingerprint density at radius 2 is 2.09 bits per heavy atom. The van der Waals surface area contributed by atoms with Gasteiger partial charge in [0.25, 0.3) is 0 Å². The molecule has 1 N–H and O–H groups in total. The summed E-state index contributed by atoms with van der Waals surface area (Å²) in [5.74, 6) is 0. The minimum atomic E-state index is -0.497. The Bertz CT molecular complexity index is 709. The molecular weight excluding hydrogens is 304 g/mol. The first kappa shape index (κ1) is 14.7. The van der Waals surface area contributed by atoms with E-state index < -0.39 is 6.10 Å². The summed E-state index contributed by atoms with van der Waals surface area (Å²) in [5, 5.41) is 18.8. The van der Waals surface area contributed by atoms with Crippen molar-refractivity contribution in [3.63, 3.8) is 0 Å². The molecule has 0 aromatic carbocycles. The molecular formula is C14H15ClN6O. The van der Waals surface area contributed by atoms with Gasteiger partial charge in [-0.15, -0.1) is 0 Å². The first-order valence-electron chi connectivity index (χ1n) is 6.85. The zero-order valence-electron chi connectivity index (χ0n) is 11.7. The third-order valence-electron chi connectivity index (χ3n) is 3.21. The summed E-state index contributed by atoms with van der Waals surface area (Å²) in [6.07, 6.45) is 8.37. The van der Waals surface area contributed by atoms with Crippen molar-refractivity contribution < 1.29 is 5.11 Å². The Hall–Kier alpha value is -2.25. The molecule has 0 saturated carbocycles. The van der Waals surface area contributed by atoms with Crippen molar-refractivity contribution in [3.05, 3.63) is 48.4 Å². The van der Waals surface area contributed by atoms with Crippen LogP contribution in [0.5, 0.6) is 0 Å². The van der Waals surface area contributed by atoms with Gasteiger partial charge in [0, 0.05) is 24.5 Å². The molecule has 0 aliphatic heterocycles. The van der Waals surface area contributed by atoms with Gasteiger partial charge in [0.2, 0.25) is 0 Å². The largest absolute Gasteiger partial charge is 0.391 e. The van der Waals surface area contributed by atoms with Gasteiger partial charge in [0.05, 0.1) is 29.6 Å². The van der Waals surface area contributed by atoms with Crippen molar-refractivity contribution in [2.24, 2.45) is 0 Å². The lowest BCUT2D eigenvalue weighted by Gasteiger charge is -2.09. The molecule has 0 aliphatic rings. The maximum Gasteiger partial charge on any atom is 0.137 e. The van der Waals surface area contributed by atoms with E-state index in [-0.39, 0.29) is 0 Å². The summed E-state index contributed by atoms with van der Waals surface area (Å²) < 4.78 is 3.40. The molecule has 0 saturated heterocycles. The predicted octanol–water partition coefficient (Wildman–Crippen LogP) is 1.64. The SMILES string of the molecule is OC(CCn1cc(-c2ccc(Cl)cn2)cn1)Cn1cncn1. The summed E-state index contributed by atoms with van der Waals surface area (Å²) in [4.78, 5) is 8.10. The van der Waals surface area contributed by atoms with Crippen LogP contribution < -0.4 is 0 Å². The van der Waals surface area contributed by atoms with Gasteiger partial charge in [-0.1, -0.05) is 11.6 Å². The van der Waals surface area contributed by atoms with Crippen molar-refractivity contribution >= 4 is 11.6 Å². The van der Waals surface area contributed by atoms with Crippen LogP contribution in [0.15, 0.2) is 43.4 Å². The van der Waals surface area contributed by atoms with Crippen LogP contribution in [0.25, 0.3) is 11.3 Å². The van der Waals surface area contributed by atoms with Crippen LogP contribution in [0.3, 0.4) is 0 Å². The Kier molecular flexibility index (Phi) is 4.45. The molecule has 3 aromatic rings. The van der Waals surface area contributed by atoms with E-state index in [2.05, 4.69) is 20.2 Å². The van der Waals surface area contributed by atoms with Gasteiger partial charge in [0.1, 0.15) is 12.7 Å². The third kappa shape index (κ3) is 3.69. The van der Waals surface area contributed by atoms with E-state index in [1.165, 1.54) is 6.33 Å². The number of aryl methyl sites for hydroxylation is 1. The number of aliphatic hydroxyl groups is 1. The van der Waals surface area contributed by atoms with Crippen molar-refractivity contribution in [2.75, 3.05) is 0 Å². The van der Waals surface area contributed by atoms with E-state index in [0.717, 1.165) is 11.3 Å². The lowest BCUT2D eigenvalue weighted by atomic mass is 10.2. The first-order valence-corrected chi connectivity index (χ1v) is 7.23. The smallest absolute Gasteiger partial charge is 0.137 e. The van der Waals surface area contributed by atoms with Crippen LogP contribution in [0, 0.1) is 0 Å². The van der Waals surface area contributed by atoms with Gasteiger partial charge in [-0.3, -0.25) is 14.3 Å². The monoisotopic (exact) mass is 318 g/mol. The average molecular weight is 319 g/mol. The van der Waals surface area contributed by atoms with E-state index in [9.17, 15) is 5.11 Å². The normalized spacial score (nSPS) is 12.5. The molecule has 8 heteroatoms. The molecule has 114 valence electrons. The van der Waals surface area contributed by atoms with Gasteiger partial charge < -0.3 is 5.11 Å². The van der Waals surface area contributed by atoms with Crippen LogP contribution >= 0.6 is 11.6 Å². The quantitative estimate of drug-likeness (QED) is 0.747. The summed E-state index contributed by atoms with van der Waals surface area (Å²) in [5.41, 5.74) is 1.74. The van der Waals surface area contributed by atoms with Crippen LogP contribution in [0.1, 0.15) is 6.42 Å². The van der Waals surface area contributed by atoms with E-state index in [0.29, 0.717) is 24.5 Å². The molecule has 3 rings (SSSR count). The Balaban J connectivity index is 1.56. The van der Waals surface area contributed by atoms with Crippen LogP contribution in [0.2, 0.25) is 5.02 Å². The minimum Gasteiger partial charge on any atom is -0.391 e. The summed E-state index contributed by atoms with van der Waals surface area (Å²) in [6, 6.07) is 3.65. The molecule has 0 radical (unpaired) electrons. The maximum atomic E-state index is 9.98. The fraction of sp³-hybridized carbons (Fsp3) is 0.286.